The van der Waals surface area contributed by atoms with Crippen molar-refractivity contribution in [2.75, 3.05) is 5.73 Å². The molecule has 0 aliphatic carbocycles. The summed E-state index contributed by atoms with van der Waals surface area (Å²) in [6.45, 7) is 0. The van der Waals surface area contributed by atoms with Crippen LogP contribution in [0.3, 0.4) is 0 Å². The minimum absolute atomic E-state index is 0.230. The fourth-order valence-corrected chi connectivity index (χ4v) is 2.39. The Morgan fingerprint density at radius 2 is 2.09 bits per heavy atom. The van der Waals surface area contributed by atoms with Gasteiger partial charge in [0.25, 0.3) is 5.56 Å². The zero-order chi connectivity index (χ0) is 15.8. The predicted molar refractivity (Wildman–Crippen MR) is 84.9 cm³/mol. The van der Waals surface area contributed by atoms with E-state index in [4.69, 9.17) is 5.73 Å². The number of hydrogen-bond donors (Lipinski definition) is 2. The summed E-state index contributed by atoms with van der Waals surface area (Å²) in [7, 11) is 0. The van der Waals surface area contributed by atoms with Gasteiger partial charge in [-0.1, -0.05) is 6.07 Å². The molecule has 8 heteroatoms. The lowest BCUT2D eigenvalue weighted by atomic mass is 10.1. The number of pyridine rings is 2. The minimum Gasteiger partial charge on any atom is -0.382 e. The zero-order valence-corrected chi connectivity index (χ0v) is 11.8. The second-order valence-electron chi connectivity index (χ2n) is 4.88. The summed E-state index contributed by atoms with van der Waals surface area (Å²) in [6.07, 6.45) is 8.02. The number of nitrogen functional groups attached to an aromatic ring is 1. The van der Waals surface area contributed by atoms with E-state index in [9.17, 15) is 4.79 Å². The van der Waals surface area contributed by atoms with Crippen molar-refractivity contribution in [1.82, 2.24) is 29.7 Å². The molecule has 0 aromatic carbocycles. The monoisotopic (exact) mass is 305 g/mol. The van der Waals surface area contributed by atoms with Gasteiger partial charge in [0, 0.05) is 35.9 Å². The molecule has 0 saturated heterocycles. The molecule has 4 aromatic rings. The van der Waals surface area contributed by atoms with E-state index < -0.39 is 0 Å². The van der Waals surface area contributed by atoms with Gasteiger partial charge in [-0.15, -0.1) is 5.10 Å². The maximum absolute atomic E-state index is 11.9. The van der Waals surface area contributed by atoms with Crippen LogP contribution in [0.15, 0.2) is 54.1 Å². The van der Waals surface area contributed by atoms with Gasteiger partial charge >= 0.3 is 0 Å². The molecule has 0 aliphatic heterocycles. The second kappa shape index (κ2) is 5.02. The number of hydrogen-bond acceptors (Lipinski definition) is 6. The maximum Gasteiger partial charge on any atom is 0.258 e. The second-order valence-corrected chi connectivity index (χ2v) is 4.88. The highest BCUT2D eigenvalue weighted by molar-refractivity contribution is 5.84. The highest BCUT2D eigenvalue weighted by atomic mass is 16.1. The number of H-pyrrole nitrogens is 1. The molecule has 0 saturated carbocycles. The topological polar surface area (TPSA) is 115 Å². The fraction of sp³-hybridized carbons (Fsp3) is 0. The SMILES string of the molecule is Nc1nn(-c2nccc3c(=O)[nH]cnc23)cc1-c1cccnc1. The summed E-state index contributed by atoms with van der Waals surface area (Å²) in [5.41, 5.74) is 7.82. The Morgan fingerprint density at radius 3 is 2.91 bits per heavy atom. The van der Waals surface area contributed by atoms with Crippen molar-refractivity contribution < 1.29 is 0 Å². The first-order valence-corrected chi connectivity index (χ1v) is 6.82. The van der Waals surface area contributed by atoms with Crippen LogP contribution in [0.2, 0.25) is 0 Å². The molecule has 0 fully saturated rings. The Balaban J connectivity index is 1.93. The van der Waals surface area contributed by atoms with Gasteiger partial charge in [0.1, 0.15) is 5.52 Å². The van der Waals surface area contributed by atoms with Gasteiger partial charge in [-0.3, -0.25) is 9.78 Å². The summed E-state index contributed by atoms with van der Waals surface area (Å²) in [4.78, 5) is 27.0. The molecular formula is C15H11N7O. The molecule has 0 bridgehead atoms. The number of nitrogens with one attached hydrogen (secondary N) is 1. The smallest absolute Gasteiger partial charge is 0.258 e. The molecule has 0 aliphatic rings. The van der Waals surface area contributed by atoms with Crippen molar-refractivity contribution in [3.05, 3.63) is 59.7 Å². The van der Waals surface area contributed by atoms with Crippen molar-refractivity contribution in [2.24, 2.45) is 0 Å². The summed E-state index contributed by atoms with van der Waals surface area (Å²) in [5.74, 6) is 0.789. The molecule has 0 radical (unpaired) electrons. The van der Waals surface area contributed by atoms with E-state index >= 15 is 0 Å². The lowest BCUT2D eigenvalue weighted by Gasteiger charge is -2.03. The van der Waals surface area contributed by atoms with Crippen LogP contribution in [-0.4, -0.2) is 29.7 Å². The Bertz CT molecular complexity index is 1050. The molecule has 4 rings (SSSR count). The van der Waals surface area contributed by atoms with Crippen LogP contribution in [0.1, 0.15) is 0 Å². The van der Waals surface area contributed by atoms with E-state index in [-0.39, 0.29) is 5.56 Å². The number of fused-ring (bicyclic) bond motifs is 1. The molecule has 3 N–H and O–H groups in total. The van der Waals surface area contributed by atoms with E-state index in [1.165, 1.54) is 17.2 Å². The van der Waals surface area contributed by atoms with Crippen LogP contribution in [0, 0.1) is 0 Å². The van der Waals surface area contributed by atoms with Gasteiger partial charge in [-0.25, -0.2) is 14.6 Å². The molecular weight excluding hydrogens is 294 g/mol. The van der Waals surface area contributed by atoms with E-state index in [2.05, 4.69) is 25.0 Å². The van der Waals surface area contributed by atoms with Gasteiger partial charge in [-0.05, 0) is 12.1 Å². The molecule has 0 spiro atoms. The van der Waals surface area contributed by atoms with Crippen LogP contribution in [0.5, 0.6) is 0 Å². The number of nitrogens with two attached hydrogens (primary N) is 1. The normalized spacial score (nSPS) is 11.0. The number of aromatic nitrogens is 6. The first-order chi connectivity index (χ1) is 11.2. The quantitative estimate of drug-likeness (QED) is 0.574. The third kappa shape index (κ3) is 2.13. The van der Waals surface area contributed by atoms with Crippen LogP contribution in [0.25, 0.3) is 27.8 Å². The largest absolute Gasteiger partial charge is 0.382 e. The highest BCUT2D eigenvalue weighted by Gasteiger charge is 2.13. The van der Waals surface area contributed by atoms with Gasteiger partial charge in [-0.2, -0.15) is 0 Å². The van der Waals surface area contributed by atoms with Gasteiger partial charge in [0.05, 0.1) is 11.7 Å². The molecule has 112 valence electrons. The molecule has 0 atom stereocenters. The van der Waals surface area contributed by atoms with Crippen LogP contribution in [0.4, 0.5) is 5.82 Å². The molecule has 23 heavy (non-hydrogen) atoms. The number of nitrogens with zero attached hydrogens (tertiary/aromatic N) is 5. The summed E-state index contributed by atoms with van der Waals surface area (Å²) < 4.78 is 1.52. The maximum atomic E-state index is 11.9. The highest BCUT2D eigenvalue weighted by Crippen LogP contribution is 2.26. The fourth-order valence-electron chi connectivity index (χ4n) is 2.39. The average molecular weight is 305 g/mol. The summed E-state index contributed by atoms with van der Waals surface area (Å²) in [6, 6.07) is 5.33. The lowest BCUT2D eigenvalue weighted by molar-refractivity contribution is 0.856. The van der Waals surface area contributed by atoms with Gasteiger partial charge in [0.2, 0.25) is 0 Å². The van der Waals surface area contributed by atoms with Crippen molar-refractivity contribution in [2.45, 2.75) is 0 Å². The van der Waals surface area contributed by atoms with Crippen molar-refractivity contribution >= 4 is 16.7 Å². The minimum atomic E-state index is -0.230. The molecule has 0 unspecified atom stereocenters. The molecule has 4 heterocycles. The van der Waals surface area contributed by atoms with E-state index in [0.717, 1.165) is 11.1 Å². The number of rotatable bonds is 2. The van der Waals surface area contributed by atoms with E-state index in [1.54, 1.807) is 24.7 Å². The summed E-state index contributed by atoms with van der Waals surface area (Å²) >= 11 is 0. The van der Waals surface area contributed by atoms with Crippen molar-refractivity contribution in [3.8, 4) is 16.9 Å². The summed E-state index contributed by atoms with van der Waals surface area (Å²) in [5, 5.41) is 4.73. The van der Waals surface area contributed by atoms with Crippen molar-refractivity contribution in [3.63, 3.8) is 0 Å². The zero-order valence-electron chi connectivity index (χ0n) is 11.8. The third-order valence-electron chi connectivity index (χ3n) is 3.47. The Kier molecular flexibility index (Phi) is 2.87. The predicted octanol–water partition coefficient (Wildman–Crippen LogP) is 1.15. The van der Waals surface area contributed by atoms with Gasteiger partial charge in [0.15, 0.2) is 11.6 Å². The van der Waals surface area contributed by atoms with E-state index in [0.29, 0.717) is 22.5 Å². The van der Waals surface area contributed by atoms with E-state index in [1.807, 2.05) is 12.1 Å². The molecule has 8 nitrogen and oxygen atoms in total. The number of anilines is 1. The lowest BCUT2D eigenvalue weighted by Crippen LogP contribution is -2.09. The standard InChI is InChI=1S/C15H11N7O/c16-13-11(9-2-1-4-17-6-9)7-22(21-13)14-12-10(3-5-18-14)15(23)20-8-19-12/h1-8H,(H2,16,21)(H,19,20,23). The first kappa shape index (κ1) is 13.1. The van der Waals surface area contributed by atoms with Crippen LogP contribution in [-0.2, 0) is 0 Å². The van der Waals surface area contributed by atoms with Crippen molar-refractivity contribution in [1.29, 1.82) is 0 Å². The first-order valence-electron chi connectivity index (χ1n) is 6.82. The Morgan fingerprint density at radius 1 is 1.17 bits per heavy atom. The molecule has 4 aromatic heterocycles. The van der Waals surface area contributed by atoms with Crippen LogP contribution < -0.4 is 11.3 Å². The molecule has 0 amide bonds. The van der Waals surface area contributed by atoms with Gasteiger partial charge < -0.3 is 10.7 Å². The number of aromatic amines is 1. The Labute approximate surface area is 129 Å². The van der Waals surface area contributed by atoms with Crippen LogP contribution >= 0.6 is 0 Å². The average Bonchev–Trinajstić information content (AvgIpc) is 2.97. The Hall–Kier alpha value is -3.55. The third-order valence-corrected chi connectivity index (χ3v) is 3.47.